The number of aryl methyl sites for hydroxylation is 1. The molecule has 0 radical (unpaired) electrons. The first-order chi connectivity index (χ1) is 17.8. The maximum absolute atomic E-state index is 14.3. The number of β-lactam (4-membered cyclic amide) rings is 1. The molecule has 3 amide bonds. The number of carbonyl (C=O) groups excluding carboxylic acids is 4. The fraction of sp³-hybridized carbons (Fsp3) is 0.385. The van der Waals surface area contributed by atoms with Gasteiger partial charge in [0.05, 0.1) is 28.6 Å². The van der Waals surface area contributed by atoms with Crippen molar-refractivity contribution in [3.05, 3.63) is 58.9 Å². The number of primary amides is 2. The summed E-state index contributed by atoms with van der Waals surface area (Å²) in [7, 11) is 0. The molecule has 2 unspecified atom stereocenters. The van der Waals surface area contributed by atoms with Gasteiger partial charge in [0, 0.05) is 16.9 Å². The van der Waals surface area contributed by atoms with Crippen molar-refractivity contribution in [3.63, 3.8) is 0 Å². The molecule has 5 rings (SSSR count). The third kappa shape index (κ3) is 2.91. The van der Waals surface area contributed by atoms with Crippen LogP contribution in [-0.2, 0) is 26.2 Å². The second-order valence-electron chi connectivity index (χ2n) is 10.3. The Hall–Kier alpha value is -3.93. The summed E-state index contributed by atoms with van der Waals surface area (Å²) in [6.45, 7) is 3.26. The van der Waals surface area contributed by atoms with E-state index in [1.165, 1.54) is 28.8 Å². The zero-order valence-electron chi connectivity index (χ0n) is 20.6. The van der Waals surface area contributed by atoms with E-state index < -0.39 is 62.2 Å². The molecule has 1 aromatic carbocycles. The van der Waals surface area contributed by atoms with Crippen LogP contribution in [0.5, 0.6) is 5.75 Å². The molecule has 1 aromatic heterocycles. The van der Waals surface area contributed by atoms with E-state index in [4.69, 9.17) is 11.5 Å². The van der Waals surface area contributed by atoms with Crippen LogP contribution in [-0.4, -0.2) is 65.2 Å². The minimum Gasteiger partial charge on any atom is -0.506 e. The topological polar surface area (TPSA) is 194 Å². The minimum atomic E-state index is -2.26. The van der Waals surface area contributed by atoms with Gasteiger partial charge in [-0.15, -0.1) is 11.8 Å². The van der Waals surface area contributed by atoms with Crippen LogP contribution in [0, 0.1) is 5.92 Å². The number of amides is 3. The first-order valence-electron chi connectivity index (χ1n) is 12.0. The van der Waals surface area contributed by atoms with Gasteiger partial charge in [0.2, 0.25) is 11.8 Å². The van der Waals surface area contributed by atoms with E-state index in [0.29, 0.717) is 0 Å². The van der Waals surface area contributed by atoms with Crippen LogP contribution in [0.1, 0.15) is 58.7 Å². The summed E-state index contributed by atoms with van der Waals surface area (Å²) in [5.74, 6) is -6.97. The van der Waals surface area contributed by atoms with Gasteiger partial charge in [0.1, 0.15) is 11.2 Å². The molecule has 2 aromatic rings. The standard InChI is InChI=1S/C26H26N4O7S/c1-24(2)26(23(36)37,30-16(31)10-17(30)38-24)25(22(28)35,12-6-4-3-5-7-12)14-8-9-15-18(20(14)33)19(32)13(11-29-15)21(27)34/h3-7,11,14,17H,8-10H2,1-2H3,(H2,27,34)(H2,28,35)(H,29,32)(H,36,37)/t14?,17-,25?,26-/m1/s1. The number of Topliss-reactive ketones (excluding diaryl/α,β-unsaturated/α-hetero) is 1. The summed E-state index contributed by atoms with van der Waals surface area (Å²) in [5, 5.41) is 21.4. The largest absolute Gasteiger partial charge is 0.506 e. The number of pyridine rings is 1. The van der Waals surface area contributed by atoms with Crippen molar-refractivity contribution in [1.82, 2.24) is 9.88 Å². The Labute approximate surface area is 221 Å². The molecule has 0 bridgehead atoms. The quantitative estimate of drug-likeness (QED) is 0.387. The van der Waals surface area contributed by atoms with Crippen LogP contribution in [0.25, 0.3) is 0 Å². The number of aromatic hydroxyl groups is 1. The van der Waals surface area contributed by atoms with E-state index in [1.807, 2.05) is 0 Å². The number of benzene rings is 1. The Morgan fingerprint density at radius 1 is 1.16 bits per heavy atom. The lowest BCUT2D eigenvalue weighted by atomic mass is 9.50. The van der Waals surface area contributed by atoms with E-state index in [1.54, 1.807) is 32.0 Å². The summed E-state index contributed by atoms with van der Waals surface area (Å²) < 4.78 is -1.28. The van der Waals surface area contributed by atoms with Crippen molar-refractivity contribution >= 4 is 41.2 Å². The SMILES string of the molecule is CC1(C)S[C@@H]2CC(=O)N2[C@@]1(C(=O)O)C(C(N)=O)(c1ccccc1)C1CCc2ncc(C(N)=O)c(O)c2C1=O. The molecule has 11 nitrogen and oxygen atoms in total. The lowest BCUT2D eigenvalue weighted by Gasteiger charge is -2.58. The van der Waals surface area contributed by atoms with E-state index in [9.17, 15) is 34.2 Å². The Morgan fingerprint density at radius 3 is 2.37 bits per heavy atom. The van der Waals surface area contributed by atoms with Crippen molar-refractivity contribution in [3.8, 4) is 5.75 Å². The Bertz CT molecular complexity index is 1430. The molecule has 0 saturated carbocycles. The van der Waals surface area contributed by atoms with Gasteiger partial charge < -0.3 is 26.6 Å². The second kappa shape index (κ2) is 8.29. The number of carboxylic acid groups (broad SMARTS) is 1. The summed E-state index contributed by atoms with van der Waals surface area (Å²) in [6, 6.07) is 7.90. The second-order valence-corrected chi connectivity index (χ2v) is 12.1. The van der Waals surface area contributed by atoms with Crippen molar-refractivity contribution in [1.29, 1.82) is 0 Å². The Kier molecular flexibility index (Phi) is 5.61. The molecular formula is C26H26N4O7S. The monoisotopic (exact) mass is 538 g/mol. The number of fused-ring (bicyclic) bond motifs is 2. The van der Waals surface area contributed by atoms with Crippen LogP contribution >= 0.6 is 11.8 Å². The predicted molar refractivity (Wildman–Crippen MR) is 135 cm³/mol. The van der Waals surface area contributed by atoms with E-state index >= 15 is 0 Å². The molecule has 2 saturated heterocycles. The van der Waals surface area contributed by atoms with Gasteiger partial charge in [0.25, 0.3) is 5.91 Å². The van der Waals surface area contributed by atoms with E-state index in [0.717, 1.165) is 6.20 Å². The average Bonchev–Trinajstić information content (AvgIpc) is 3.04. The number of thioether (sulfide) groups is 1. The van der Waals surface area contributed by atoms with Crippen molar-refractivity contribution in [2.75, 3.05) is 0 Å². The molecule has 12 heteroatoms. The molecule has 4 atom stereocenters. The molecule has 38 heavy (non-hydrogen) atoms. The number of carboxylic acids is 1. The van der Waals surface area contributed by atoms with Gasteiger partial charge >= 0.3 is 5.97 Å². The normalized spacial score (nSPS) is 27.1. The van der Waals surface area contributed by atoms with Gasteiger partial charge in [0.15, 0.2) is 11.3 Å². The number of aliphatic carboxylic acids is 1. The van der Waals surface area contributed by atoms with Crippen LogP contribution in [0.2, 0.25) is 0 Å². The summed E-state index contributed by atoms with van der Waals surface area (Å²) in [4.78, 5) is 72.0. The van der Waals surface area contributed by atoms with Crippen molar-refractivity contribution in [2.24, 2.45) is 17.4 Å². The number of nitrogens with two attached hydrogens (primary N) is 2. The van der Waals surface area contributed by atoms with Gasteiger partial charge in [-0.05, 0) is 32.3 Å². The number of nitrogens with zero attached hydrogens (tertiary/aromatic N) is 2. The minimum absolute atomic E-state index is 0.0471. The summed E-state index contributed by atoms with van der Waals surface area (Å²) in [6.07, 6.45) is 1.18. The van der Waals surface area contributed by atoms with Crippen molar-refractivity contribution < 1.29 is 34.2 Å². The summed E-state index contributed by atoms with van der Waals surface area (Å²) >= 11 is 1.24. The van der Waals surface area contributed by atoms with E-state index in [2.05, 4.69) is 4.98 Å². The van der Waals surface area contributed by atoms with Crippen LogP contribution in [0.15, 0.2) is 36.5 Å². The first-order valence-corrected chi connectivity index (χ1v) is 12.9. The molecule has 198 valence electrons. The highest BCUT2D eigenvalue weighted by molar-refractivity contribution is 8.01. The maximum Gasteiger partial charge on any atom is 0.332 e. The van der Waals surface area contributed by atoms with Gasteiger partial charge in [-0.3, -0.25) is 24.2 Å². The van der Waals surface area contributed by atoms with Gasteiger partial charge in [-0.1, -0.05) is 30.3 Å². The molecular weight excluding hydrogens is 512 g/mol. The molecule has 2 fully saturated rings. The van der Waals surface area contributed by atoms with Crippen LogP contribution < -0.4 is 11.5 Å². The zero-order valence-corrected chi connectivity index (χ0v) is 21.4. The smallest absolute Gasteiger partial charge is 0.332 e. The average molecular weight is 539 g/mol. The maximum atomic E-state index is 14.3. The number of carbonyl (C=O) groups is 5. The van der Waals surface area contributed by atoms with Gasteiger partial charge in [-0.25, -0.2) is 4.79 Å². The third-order valence-electron chi connectivity index (χ3n) is 8.22. The van der Waals surface area contributed by atoms with Crippen molar-refractivity contribution in [2.45, 2.75) is 54.2 Å². The van der Waals surface area contributed by atoms with Gasteiger partial charge in [-0.2, -0.15) is 0 Å². The Balaban J connectivity index is 1.88. The molecule has 3 heterocycles. The number of rotatable bonds is 6. The highest BCUT2D eigenvalue weighted by Crippen LogP contribution is 2.65. The summed E-state index contributed by atoms with van der Waals surface area (Å²) in [5.41, 5.74) is 6.66. The molecule has 0 spiro atoms. The number of ketones is 1. The molecule has 2 aliphatic heterocycles. The van der Waals surface area contributed by atoms with Crippen LogP contribution in [0.3, 0.4) is 0 Å². The first kappa shape index (κ1) is 25.7. The fourth-order valence-electron chi connectivity index (χ4n) is 6.82. The third-order valence-corrected chi connectivity index (χ3v) is 9.75. The van der Waals surface area contributed by atoms with E-state index in [-0.39, 0.29) is 41.6 Å². The fourth-order valence-corrected chi connectivity index (χ4v) is 8.62. The molecule has 3 aliphatic rings. The Morgan fingerprint density at radius 2 is 1.82 bits per heavy atom. The number of aromatic nitrogens is 1. The number of hydrogen-bond donors (Lipinski definition) is 4. The number of hydrogen-bond acceptors (Lipinski definition) is 8. The lowest BCUT2D eigenvalue weighted by Crippen LogP contribution is -2.81. The highest BCUT2D eigenvalue weighted by atomic mass is 32.2. The van der Waals surface area contributed by atoms with Crippen LogP contribution in [0.4, 0.5) is 0 Å². The molecule has 6 N–H and O–H groups in total. The zero-order chi connectivity index (χ0) is 27.8. The highest BCUT2D eigenvalue weighted by Gasteiger charge is 2.81. The predicted octanol–water partition coefficient (Wildman–Crippen LogP) is 0.962. The molecule has 1 aliphatic carbocycles. The lowest BCUT2D eigenvalue weighted by molar-refractivity contribution is -0.180.